The van der Waals surface area contributed by atoms with Crippen molar-refractivity contribution in [2.24, 2.45) is 0 Å². The summed E-state index contributed by atoms with van der Waals surface area (Å²) in [5.41, 5.74) is 0. The quantitative estimate of drug-likeness (QED) is 0.522. The second-order valence-corrected chi connectivity index (χ2v) is 2.01. The summed E-state index contributed by atoms with van der Waals surface area (Å²) in [5, 5.41) is 8.99. The topological polar surface area (TPSA) is 20.2 Å². The summed E-state index contributed by atoms with van der Waals surface area (Å²) in [5.74, 6) is 0.468. The number of aliphatic hydroxyl groups is 1. The zero-order valence-corrected chi connectivity index (χ0v) is 5.25. The molecular formula is C8H10O. The van der Waals surface area contributed by atoms with Crippen molar-refractivity contribution in [3.63, 3.8) is 0 Å². The summed E-state index contributed by atoms with van der Waals surface area (Å²) in [6, 6.07) is 0. The molecule has 0 fully saturated rings. The molecule has 0 aromatic heterocycles. The van der Waals surface area contributed by atoms with E-state index in [-0.39, 0.29) is 0 Å². The van der Waals surface area contributed by atoms with Gasteiger partial charge in [-0.3, -0.25) is 0 Å². The zero-order valence-electron chi connectivity index (χ0n) is 5.25. The van der Waals surface area contributed by atoms with Crippen LogP contribution in [0.1, 0.15) is 12.8 Å². The molecule has 0 aromatic carbocycles. The second kappa shape index (κ2) is 3.13. The second-order valence-electron chi connectivity index (χ2n) is 2.01. The minimum absolute atomic E-state index is 0.468. The van der Waals surface area contributed by atoms with Gasteiger partial charge in [0.05, 0.1) is 5.76 Å². The molecule has 0 spiro atoms. The van der Waals surface area contributed by atoms with Crippen LogP contribution in [-0.4, -0.2) is 5.11 Å². The third kappa shape index (κ3) is 2.17. The Morgan fingerprint density at radius 2 is 2.11 bits per heavy atom. The Labute approximate surface area is 55.0 Å². The summed E-state index contributed by atoms with van der Waals surface area (Å²) in [6.07, 6.45) is 11.2. The standard InChI is InChI=1S/C8H10O/c9-8-6-4-2-1-3-5-7-8/h1-4,6,9H,5,7H2/b3-1-,4-2-,8-6+. The first kappa shape index (κ1) is 6.14. The number of aliphatic hydroxyl groups excluding tert-OH is 1. The molecule has 0 bridgehead atoms. The van der Waals surface area contributed by atoms with Crippen LogP contribution < -0.4 is 0 Å². The van der Waals surface area contributed by atoms with Gasteiger partial charge in [0.15, 0.2) is 0 Å². The average Bonchev–Trinajstić information content (AvgIpc) is 1.79. The van der Waals surface area contributed by atoms with Crippen LogP contribution in [0.15, 0.2) is 36.1 Å². The Hall–Kier alpha value is -0.980. The van der Waals surface area contributed by atoms with E-state index in [0.717, 1.165) is 12.8 Å². The van der Waals surface area contributed by atoms with E-state index < -0.39 is 0 Å². The lowest BCUT2D eigenvalue weighted by Gasteiger charge is -1.95. The van der Waals surface area contributed by atoms with E-state index in [1.807, 2.05) is 24.3 Å². The molecule has 0 aromatic rings. The van der Waals surface area contributed by atoms with Gasteiger partial charge in [0.2, 0.25) is 0 Å². The van der Waals surface area contributed by atoms with Crippen LogP contribution in [0.4, 0.5) is 0 Å². The maximum Gasteiger partial charge on any atom is 0.0925 e. The first-order valence-electron chi connectivity index (χ1n) is 3.11. The number of allylic oxidation sites excluding steroid dienone is 6. The highest BCUT2D eigenvalue weighted by molar-refractivity contribution is 5.15. The zero-order chi connectivity index (χ0) is 6.53. The van der Waals surface area contributed by atoms with Gasteiger partial charge in [0, 0.05) is 6.42 Å². The Balaban J connectivity index is 2.62. The van der Waals surface area contributed by atoms with Gasteiger partial charge < -0.3 is 5.11 Å². The van der Waals surface area contributed by atoms with E-state index in [4.69, 9.17) is 5.11 Å². The molecule has 1 N–H and O–H groups in total. The van der Waals surface area contributed by atoms with Crippen molar-refractivity contribution in [1.82, 2.24) is 0 Å². The van der Waals surface area contributed by atoms with E-state index >= 15 is 0 Å². The summed E-state index contributed by atoms with van der Waals surface area (Å²) >= 11 is 0. The minimum atomic E-state index is 0.468. The van der Waals surface area contributed by atoms with E-state index in [9.17, 15) is 0 Å². The van der Waals surface area contributed by atoms with Crippen molar-refractivity contribution in [3.8, 4) is 0 Å². The van der Waals surface area contributed by atoms with Crippen LogP contribution in [0.2, 0.25) is 0 Å². The SMILES string of the molecule is O/C1=C/C=C\C=C/CC1. The third-order valence-electron chi connectivity index (χ3n) is 1.21. The summed E-state index contributed by atoms with van der Waals surface area (Å²) in [7, 11) is 0. The van der Waals surface area contributed by atoms with Crippen molar-refractivity contribution < 1.29 is 5.11 Å². The first-order valence-corrected chi connectivity index (χ1v) is 3.11. The normalized spacial score (nSPS) is 31.3. The third-order valence-corrected chi connectivity index (χ3v) is 1.21. The molecule has 0 unspecified atom stereocenters. The number of hydrogen-bond acceptors (Lipinski definition) is 1. The molecule has 1 nitrogen and oxygen atoms in total. The highest BCUT2D eigenvalue weighted by atomic mass is 16.3. The smallest absolute Gasteiger partial charge is 0.0925 e. The molecule has 0 saturated carbocycles. The van der Waals surface area contributed by atoms with E-state index in [1.165, 1.54) is 0 Å². The van der Waals surface area contributed by atoms with Crippen LogP contribution in [0.5, 0.6) is 0 Å². The van der Waals surface area contributed by atoms with Gasteiger partial charge in [-0.05, 0) is 12.5 Å². The summed E-state index contributed by atoms with van der Waals surface area (Å²) in [4.78, 5) is 0. The molecular weight excluding hydrogens is 112 g/mol. The van der Waals surface area contributed by atoms with Crippen molar-refractivity contribution in [3.05, 3.63) is 36.1 Å². The molecule has 48 valence electrons. The van der Waals surface area contributed by atoms with Gasteiger partial charge >= 0.3 is 0 Å². The largest absolute Gasteiger partial charge is 0.512 e. The Morgan fingerprint density at radius 3 is 3.00 bits per heavy atom. The van der Waals surface area contributed by atoms with Gasteiger partial charge in [0.25, 0.3) is 0 Å². The Morgan fingerprint density at radius 1 is 1.22 bits per heavy atom. The minimum Gasteiger partial charge on any atom is -0.512 e. The monoisotopic (exact) mass is 122 g/mol. The molecule has 1 aliphatic rings. The average molecular weight is 122 g/mol. The van der Waals surface area contributed by atoms with Crippen molar-refractivity contribution in [1.29, 1.82) is 0 Å². The van der Waals surface area contributed by atoms with Crippen LogP contribution in [-0.2, 0) is 0 Å². The lowest BCUT2D eigenvalue weighted by molar-refractivity contribution is 0.389. The van der Waals surface area contributed by atoms with E-state index in [2.05, 4.69) is 0 Å². The predicted octanol–water partition coefficient (Wildman–Crippen LogP) is 2.33. The molecule has 0 radical (unpaired) electrons. The van der Waals surface area contributed by atoms with Gasteiger partial charge in [-0.1, -0.05) is 24.3 Å². The molecule has 1 aliphatic carbocycles. The fourth-order valence-corrected chi connectivity index (χ4v) is 0.720. The van der Waals surface area contributed by atoms with Crippen molar-refractivity contribution in [2.45, 2.75) is 12.8 Å². The maximum absolute atomic E-state index is 8.99. The van der Waals surface area contributed by atoms with E-state index in [1.54, 1.807) is 6.08 Å². The van der Waals surface area contributed by atoms with Gasteiger partial charge in [-0.2, -0.15) is 0 Å². The van der Waals surface area contributed by atoms with Crippen LogP contribution in [0, 0.1) is 0 Å². The predicted molar refractivity (Wildman–Crippen MR) is 38.2 cm³/mol. The maximum atomic E-state index is 8.99. The number of hydrogen-bond donors (Lipinski definition) is 1. The fourth-order valence-electron chi connectivity index (χ4n) is 0.720. The molecule has 0 heterocycles. The first-order chi connectivity index (χ1) is 4.39. The molecule has 1 heteroatoms. The van der Waals surface area contributed by atoms with Crippen LogP contribution >= 0.6 is 0 Å². The van der Waals surface area contributed by atoms with Gasteiger partial charge in [-0.15, -0.1) is 0 Å². The van der Waals surface area contributed by atoms with Gasteiger partial charge in [0.1, 0.15) is 0 Å². The molecule has 0 amide bonds. The lowest BCUT2D eigenvalue weighted by Crippen LogP contribution is -1.79. The highest BCUT2D eigenvalue weighted by Gasteiger charge is 1.89. The fraction of sp³-hybridized carbons (Fsp3) is 0.250. The van der Waals surface area contributed by atoms with Crippen molar-refractivity contribution >= 4 is 0 Å². The summed E-state index contributed by atoms with van der Waals surface area (Å²) in [6.45, 7) is 0. The molecule has 0 aliphatic heterocycles. The lowest BCUT2D eigenvalue weighted by atomic mass is 10.2. The number of rotatable bonds is 0. The van der Waals surface area contributed by atoms with Crippen molar-refractivity contribution in [2.75, 3.05) is 0 Å². The molecule has 0 saturated heterocycles. The van der Waals surface area contributed by atoms with Gasteiger partial charge in [-0.25, -0.2) is 0 Å². The Kier molecular flexibility index (Phi) is 2.13. The summed E-state index contributed by atoms with van der Waals surface area (Å²) < 4.78 is 0. The molecule has 9 heavy (non-hydrogen) atoms. The van der Waals surface area contributed by atoms with Crippen LogP contribution in [0.3, 0.4) is 0 Å². The Bertz CT molecular complexity index is 163. The molecule has 0 atom stereocenters. The van der Waals surface area contributed by atoms with E-state index in [0.29, 0.717) is 5.76 Å². The highest BCUT2D eigenvalue weighted by Crippen LogP contribution is 2.04. The van der Waals surface area contributed by atoms with Crippen LogP contribution in [0.25, 0.3) is 0 Å². The molecule has 1 rings (SSSR count).